The Hall–Kier alpha value is -0.0400. The zero-order valence-corrected chi connectivity index (χ0v) is 15.5. The molecule has 5 heteroatoms. The average Bonchev–Trinajstić information content (AvgIpc) is 3.23. The van der Waals surface area contributed by atoms with E-state index in [0.29, 0.717) is 6.04 Å². The van der Waals surface area contributed by atoms with Gasteiger partial charge in [0.2, 0.25) is 0 Å². The zero-order valence-electron chi connectivity index (χ0n) is 13.2. The summed E-state index contributed by atoms with van der Waals surface area (Å²) in [6.45, 7) is 9.24. The average molecular weight is 394 g/mol. The van der Waals surface area contributed by atoms with E-state index in [2.05, 4.69) is 34.4 Å². The van der Waals surface area contributed by atoms with Gasteiger partial charge >= 0.3 is 0 Å². The SMILES string of the molecule is CN=C(NCC1CC1)NCC(C)N1CCC(C)CC1.I. The van der Waals surface area contributed by atoms with Crippen LogP contribution in [0.15, 0.2) is 4.99 Å². The highest BCUT2D eigenvalue weighted by molar-refractivity contribution is 14.0. The fourth-order valence-corrected chi connectivity index (χ4v) is 2.63. The minimum absolute atomic E-state index is 0. The highest BCUT2D eigenvalue weighted by Gasteiger charge is 2.22. The minimum Gasteiger partial charge on any atom is -0.356 e. The smallest absolute Gasteiger partial charge is 0.191 e. The van der Waals surface area contributed by atoms with Crippen molar-refractivity contribution < 1.29 is 0 Å². The van der Waals surface area contributed by atoms with Crippen LogP contribution in [-0.4, -0.2) is 50.1 Å². The van der Waals surface area contributed by atoms with Gasteiger partial charge in [-0.05, 0) is 57.5 Å². The maximum absolute atomic E-state index is 4.29. The molecule has 2 rings (SSSR count). The number of likely N-dealkylation sites (tertiary alicyclic amines) is 1. The third-order valence-electron chi connectivity index (χ3n) is 4.49. The second-order valence-corrected chi connectivity index (χ2v) is 6.34. The van der Waals surface area contributed by atoms with Gasteiger partial charge in [0.1, 0.15) is 0 Å². The van der Waals surface area contributed by atoms with Crippen molar-refractivity contribution in [3.63, 3.8) is 0 Å². The van der Waals surface area contributed by atoms with Crippen LogP contribution < -0.4 is 10.6 Å². The second-order valence-electron chi connectivity index (χ2n) is 6.34. The molecule has 118 valence electrons. The summed E-state index contributed by atoms with van der Waals surface area (Å²) in [6, 6.07) is 0.590. The molecule has 0 amide bonds. The van der Waals surface area contributed by atoms with Crippen molar-refractivity contribution in [1.29, 1.82) is 0 Å². The maximum Gasteiger partial charge on any atom is 0.191 e. The quantitative estimate of drug-likeness (QED) is 0.427. The van der Waals surface area contributed by atoms with Crippen LogP contribution in [0.5, 0.6) is 0 Å². The van der Waals surface area contributed by atoms with E-state index in [4.69, 9.17) is 0 Å². The zero-order chi connectivity index (χ0) is 13.7. The molecule has 0 aromatic rings. The number of halogens is 1. The lowest BCUT2D eigenvalue weighted by Gasteiger charge is -2.35. The molecule has 0 radical (unpaired) electrons. The highest BCUT2D eigenvalue weighted by Crippen LogP contribution is 2.27. The van der Waals surface area contributed by atoms with Gasteiger partial charge in [-0.1, -0.05) is 6.92 Å². The Morgan fingerprint density at radius 1 is 1.20 bits per heavy atom. The van der Waals surface area contributed by atoms with Gasteiger partial charge in [-0.25, -0.2) is 0 Å². The Kier molecular flexibility index (Phi) is 8.17. The Balaban J connectivity index is 0.00000200. The molecule has 0 aromatic carbocycles. The summed E-state index contributed by atoms with van der Waals surface area (Å²) in [7, 11) is 1.86. The van der Waals surface area contributed by atoms with E-state index in [1.807, 2.05) is 7.05 Å². The van der Waals surface area contributed by atoms with Crippen LogP contribution in [0, 0.1) is 11.8 Å². The molecule has 1 atom stereocenters. The van der Waals surface area contributed by atoms with E-state index >= 15 is 0 Å². The largest absolute Gasteiger partial charge is 0.356 e. The topological polar surface area (TPSA) is 39.7 Å². The van der Waals surface area contributed by atoms with Gasteiger partial charge in [-0.3, -0.25) is 9.89 Å². The molecule has 1 unspecified atom stereocenters. The number of aliphatic imine (C=N–C) groups is 1. The van der Waals surface area contributed by atoms with Crippen molar-refractivity contribution in [3.8, 4) is 0 Å². The summed E-state index contributed by atoms with van der Waals surface area (Å²) in [4.78, 5) is 6.89. The first-order valence-electron chi connectivity index (χ1n) is 7.87. The lowest BCUT2D eigenvalue weighted by Crippen LogP contribution is -2.48. The number of piperidine rings is 1. The minimum atomic E-state index is 0. The fraction of sp³-hybridized carbons (Fsp3) is 0.933. The lowest BCUT2D eigenvalue weighted by atomic mass is 9.98. The van der Waals surface area contributed by atoms with Crippen molar-refractivity contribution in [2.24, 2.45) is 16.8 Å². The predicted molar refractivity (Wildman–Crippen MR) is 96.9 cm³/mol. The van der Waals surface area contributed by atoms with Crippen LogP contribution in [0.2, 0.25) is 0 Å². The first-order chi connectivity index (χ1) is 9.19. The molecule has 20 heavy (non-hydrogen) atoms. The Morgan fingerprint density at radius 3 is 2.40 bits per heavy atom. The van der Waals surface area contributed by atoms with Crippen molar-refractivity contribution in [1.82, 2.24) is 15.5 Å². The van der Waals surface area contributed by atoms with Gasteiger partial charge in [0.25, 0.3) is 0 Å². The molecular weight excluding hydrogens is 363 g/mol. The summed E-state index contributed by atoms with van der Waals surface area (Å²) in [5.41, 5.74) is 0. The molecule has 1 heterocycles. The first kappa shape index (κ1) is 18.0. The number of nitrogens with one attached hydrogen (secondary N) is 2. The molecule has 1 saturated heterocycles. The second kappa shape index (κ2) is 9.07. The Morgan fingerprint density at radius 2 is 1.85 bits per heavy atom. The van der Waals surface area contributed by atoms with Gasteiger partial charge in [-0.15, -0.1) is 24.0 Å². The van der Waals surface area contributed by atoms with Crippen molar-refractivity contribution in [2.45, 2.75) is 45.6 Å². The number of hydrogen-bond acceptors (Lipinski definition) is 2. The Labute approximate surface area is 141 Å². The summed E-state index contributed by atoms with van der Waals surface area (Å²) in [6.07, 6.45) is 5.46. The van der Waals surface area contributed by atoms with E-state index in [-0.39, 0.29) is 24.0 Å². The molecule has 2 N–H and O–H groups in total. The van der Waals surface area contributed by atoms with Crippen LogP contribution in [-0.2, 0) is 0 Å². The maximum atomic E-state index is 4.29. The summed E-state index contributed by atoms with van der Waals surface area (Å²) in [5, 5.41) is 6.88. The Bertz CT molecular complexity index is 296. The number of nitrogens with zero attached hydrogens (tertiary/aromatic N) is 2. The van der Waals surface area contributed by atoms with Crippen molar-refractivity contribution >= 4 is 29.9 Å². The molecule has 0 aromatic heterocycles. The van der Waals surface area contributed by atoms with Gasteiger partial charge in [-0.2, -0.15) is 0 Å². The lowest BCUT2D eigenvalue weighted by molar-refractivity contribution is 0.147. The number of hydrogen-bond donors (Lipinski definition) is 2. The molecule has 0 bridgehead atoms. The van der Waals surface area contributed by atoms with Crippen molar-refractivity contribution in [2.75, 3.05) is 33.2 Å². The van der Waals surface area contributed by atoms with E-state index < -0.39 is 0 Å². The summed E-state index contributed by atoms with van der Waals surface area (Å²) < 4.78 is 0. The first-order valence-corrected chi connectivity index (χ1v) is 7.87. The van der Waals surface area contributed by atoms with E-state index in [1.165, 1.54) is 38.8 Å². The number of guanidine groups is 1. The normalized spacial score (nSPS) is 23.1. The molecular formula is C15H31IN4. The molecule has 1 aliphatic heterocycles. The van der Waals surface area contributed by atoms with Crippen LogP contribution in [0.1, 0.15) is 39.5 Å². The molecule has 1 saturated carbocycles. The molecule has 0 spiro atoms. The third kappa shape index (κ3) is 6.16. The molecule has 4 nitrogen and oxygen atoms in total. The van der Waals surface area contributed by atoms with Crippen LogP contribution in [0.25, 0.3) is 0 Å². The molecule has 1 aliphatic carbocycles. The van der Waals surface area contributed by atoms with Gasteiger partial charge in [0.05, 0.1) is 0 Å². The van der Waals surface area contributed by atoms with Gasteiger partial charge in [0, 0.05) is 26.2 Å². The highest BCUT2D eigenvalue weighted by atomic mass is 127. The van der Waals surface area contributed by atoms with E-state index in [9.17, 15) is 0 Å². The summed E-state index contributed by atoms with van der Waals surface area (Å²) >= 11 is 0. The number of rotatable bonds is 5. The van der Waals surface area contributed by atoms with Gasteiger partial charge in [0.15, 0.2) is 5.96 Å². The van der Waals surface area contributed by atoms with Crippen LogP contribution in [0.3, 0.4) is 0 Å². The van der Waals surface area contributed by atoms with Crippen LogP contribution in [0.4, 0.5) is 0 Å². The standard InChI is InChI=1S/C15H30N4.HI/c1-12-6-8-19(9-7-12)13(2)10-17-15(16-3)18-11-14-4-5-14;/h12-14H,4-11H2,1-3H3,(H2,16,17,18);1H. The third-order valence-corrected chi connectivity index (χ3v) is 4.49. The molecule has 2 aliphatic rings. The summed E-state index contributed by atoms with van der Waals surface area (Å²) in [5.74, 6) is 2.76. The van der Waals surface area contributed by atoms with Crippen LogP contribution >= 0.6 is 24.0 Å². The molecule has 2 fully saturated rings. The fourth-order valence-electron chi connectivity index (χ4n) is 2.63. The monoisotopic (exact) mass is 394 g/mol. The van der Waals surface area contributed by atoms with E-state index in [0.717, 1.165) is 30.9 Å². The van der Waals surface area contributed by atoms with Crippen molar-refractivity contribution in [3.05, 3.63) is 0 Å². The predicted octanol–water partition coefficient (Wildman–Crippen LogP) is 2.30. The van der Waals surface area contributed by atoms with Gasteiger partial charge < -0.3 is 10.6 Å². The van der Waals surface area contributed by atoms with E-state index in [1.54, 1.807) is 0 Å².